The van der Waals surface area contributed by atoms with Gasteiger partial charge in [-0.2, -0.15) is 0 Å². The van der Waals surface area contributed by atoms with Crippen LogP contribution in [0.4, 0.5) is 0 Å². The van der Waals surface area contributed by atoms with Gasteiger partial charge in [0.05, 0.1) is 18.8 Å². The lowest BCUT2D eigenvalue weighted by Gasteiger charge is -2.28. The standard InChI is InChI=1S/C13H19NO3/c1-8-6-16-7-11(14-8)5-13(15)12-4-9(2)17-10(12)3/h4,8,11,14H,5-7H2,1-3H3. The van der Waals surface area contributed by atoms with E-state index in [1.807, 2.05) is 19.9 Å². The lowest BCUT2D eigenvalue weighted by Crippen LogP contribution is -2.48. The molecule has 2 heterocycles. The normalized spacial score (nSPS) is 24.9. The van der Waals surface area contributed by atoms with Crippen LogP contribution in [0.1, 0.15) is 35.2 Å². The van der Waals surface area contributed by atoms with Crippen LogP contribution in [-0.2, 0) is 4.74 Å². The molecule has 1 aromatic heterocycles. The summed E-state index contributed by atoms with van der Waals surface area (Å²) in [6, 6.07) is 2.24. The first-order valence-corrected chi connectivity index (χ1v) is 6.00. The van der Waals surface area contributed by atoms with E-state index in [2.05, 4.69) is 12.2 Å². The number of Topliss-reactive ketones (excluding diaryl/α,β-unsaturated/α-hetero) is 1. The Morgan fingerprint density at radius 1 is 1.47 bits per heavy atom. The van der Waals surface area contributed by atoms with E-state index in [-0.39, 0.29) is 11.8 Å². The van der Waals surface area contributed by atoms with E-state index in [4.69, 9.17) is 9.15 Å². The van der Waals surface area contributed by atoms with Gasteiger partial charge in [0.15, 0.2) is 5.78 Å². The molecule has 0 bridgehead atoms. The molecule has 1 saturated heterocycles. The van der Waals surface area contributed by atoms with Crippen LogP contribution in [-0.4, -0.2) is 31.1 Å². The molecule has 1 aliphatic heterocycles. The van der Waals surface area contributed by atoms with Gasteiger partial charge in [-0.3, -0.25) is 4.79 Å². The predicted octanol–water partition coefficient (Wildman–Crippen LogP) is 1.85. The minimum Gasteiger partial charge on any atom is -0.466 e. The number of ether oxygens (including phenoxy) is 1. The van der Waals surface area contributed by atoms with Gasteiger partial charge in [-0.25, -0.2) is 0 Å². The highest BCUT2D eigenvalue weighted by atomic mass is 16.5. The summed E-state index contributed by atoms with van der Waals surface area (Å²) in [6.07, 6.45) is 0.462. The summed E-state index contributed by atoms with van der Waals surface area (Å²) in [5.41, 5.74) is 0.697. The second-order valence-electron chi connectivity index (χ2n) is 4.76. The number of hydrogen-bond acceptors (Lipinski definition) is 4. The van der Waals surface area contributed by atoms with E-state index in [9.17, 15) is 4.79 Å². The lowest BCUT2D eigenvalue weighted by molar-refractivity contribution is 0.0463. The molecule has 0 aliphatic carbocycles. The Balaban J connectivity index is 1.99. The zero-order valence-corrected chi connectivity index (χ0v) is 10.6. The van der Waals surface area contributed by atoms with Crippen molar-refractivity contribution in [2.75, 3.05) is 13.2 Å². The van der Waals surface area contributed by atoms with Gasteiger partial charge in [0.25, 0.3) is 0 Å². The maximum Gasteiger partial charge on any atom is 0.168 e. The van der Waals surface area contributed by atoms with E-state index in [1.165, 1.54) is 0 Å². The zero-order valence-electron chi connectivity index (χ0n) is 10.6. The topological polar surface area (TPSA) is 51.5 Å². The molecule has 1 aromatic rings. The van der Waals surface area contributed by atoms with Crippen molar-refractivity contribution in [1.82, 2.24) is 5.32 Å². The molecule has 0 amide bonds. The number of rotatable bonds is 3. The molecule has 0 radical (unpaired) electrons. The highest BCUT2D eigenvalue weighted by Crippen LogP contribution is 2.17. The van der Waals surface area contributed by atoms with Crippen molar-refractivity contribution in [3.8, 4) is 0 Å². The van der Waals surface area contributed by atoms with Crippen molar-refractivity contribution in [1.29, 1.82) is 0 Å². The molecule has 17 heavy (non-hydrogen) atoms. The fourth-order valence-corrected chi connectivity index (χ4v) is 2.24. The first kappa shape index (κ1) is 12.3. The summed E-state index contributed by atoms with van der Waals surface area (Å²) < 4.78 is 10.8. The monoisotopic (exact) mass is 237 g/mol. The van der Waals surface area contributed by atoms with Crippen LogP contribution in [0.2, 0.25) is 0 Å². The second-order valence-corrected chi connectivity index (χ2v) is 4.76. The molecule has 0 spiro atoms. The Morgan fingerprint density at radius 3 is 2.82 bits per heavy atom. The quantitative estimate of drug-likeness (QED) is 0.815. The third-order valence-electron chi connectivity index (χ3n) is 2.98. The van der Waals surface area contributed by atoms with Gasteiger partial charge in [-0.1, -0.05) is 0 Å². The largest absolute Gasteiger partial charge is 0.466 e. The Kier molecular flexibility index (Phi) is 3.64. The maximum absolute atomic E-state index is 12.1. The van der Waals surface area contributed by atoms with E-state index < -0.39 is 0 Å². The summed E-state index contributed by atoms with van der Waals surface area (Å²) in [7, 11) is 0. The molecule has 2 atom stereocenters. The fourth-order valence-electron chi connectivity index (χ4n) is 2.24. The molecule has 1 fully saturated rings. The Bertz CT molecular complexity index is 411. The second kappa shape index (κ2) is 5.02. The van der Waals surface area contributed by atoms with Crippen LogP contribution in [0.25, 0.3) is 0 Å². The molecule has 2 rings (SSSR count). The molecule has 4 heteroatoms. The molecule has 0 aromatic carbocycles. The maximum atomic E-state index is 12.1. The van der Waals surface area contributed by atoms with Gasteiger partial charge in [-0.05, 0) is 26.8 Å². The SMILES string of the molecule is Cc1cc(C(=O)CC2COCC(C)N2)c(C)o1. The van der Waals surface area contributed by atoms with Crippen LogP contribution >= 0.6 is 0 Å². The third kappa shape index (κ3) is 2.96. The zero-order chi connectivity index (χ0) is 12.4. The molecule has 94 valence electrons. The lowest BCUT2D eigenvalue weighted by atomic mass is 10.0. The van der Waals surface area contributed by atoms with Gasteiger partial charge < -0.3 is 14.5 Å². The highest BCUT2D eigenvalue weighted by Gasteiger charge is 2.23. The fraction of sp³-hybridized carbons (Fsp3) is 0.615. The number of carbonyl (C=O) groups is 1. The van der Waals surface area contributed by atoms with Gasteiger partial charge >= 0.3 is 0 Å². The summed E-state index contributed by atoms with van der Waals surface area (Å²) in [5, 5.41) is 3.37. The van der Waals surface area contributed by atoms with Gasteiger partial charge in [0.2, 0.25) is 0 Å². The Labute approximate surface area is 101 Å². The number of carbonyl (C=O) groups excluding carboxylic acids is 1. The van der Waals surface area contributed by atoms with Crippen molar-refractivity contribution in [3.05, 3.63) is 23.2 Å². The number of morpholine rings is 1. The molecular weight excluding hydrogens is 218 g/mol. The molecule has 1 N–H and O–H groups in total. The van der Waals surface area contributed by atoms with E-state index in [0.717, 1.165) is 5.76 Å². The number of furan rings is 1. The molecule has 4 nitrogen and oxygen atoms in total. The molecular formula is C13H19NO3. The average Bonchev–Trinajstić information content (AvgIpc) is 2.58. The van der Waals surface area contributed by atoms with Crippen molar-refractivity contribution in [2.24, 2.45) is 0 Å². The van der Waals surface area contributed by atoms with E-state index in [0.29, 0.717) is 37.0 Å². The van der Waals surface area contributed by atoms with Gasteiger partial charge in [-0.15, -0.1) is 0 Å². The van der Waals surface area contributed by atoms with E-state index in [1.54, 1.807) is 0 Å². The van der Waals surface area contributed by atoms with Crippen LogP contribution in [0.5, 0.6) is 0 Å². The van der Waals surface area contributed by atoms with Crippen LogP contribution < -0.4 is 5.32 Å². The minimum absolute atomic E-state index is 0.112. The summed E-state index contributed by atoms with van der Waals surface area (Å²) in [4.78, 5) is 12.1. The van der Waals surface area contributed by atoms with Crippen molar-refractivity contribution >= 4 is 5.78 Å². The van der Waals surface area contributed by atoms with Crippen LogP contribution in [0.3, 0.4) is 0 Å². The smallest absolute Gasteiger partial charge is 0.168 e. The van der Waals surface area contributed by atoms with Crippen LogP contribution in [0.15, 0.2) is 10.5 Å². The van der Waals surface area contributed by atoms with Crippen molar-refractivity contribution < 1.29 is 13.9 Å². The van der Waals surface area contributed by atoms with E-state index >= 15 is 0 Å². The van der Waals surface area contributed by atoms with Crippen molar-refractivity contribution in [3.63, 3.8) is 0 Å². The minimum atomic E-state index is 0.112. The Hall–Kier alpha value is -1.13. The summed E-state index contributed by atoms with van der Waals surface area (Å²) in [5.74, 6) is 1.61. The average molecular weight is 237 g/mol. The first-order chi connectivity index (χ1) is 8.06. The van der Waals surface area contributed by atoms with Gasteiger partial charge in [0, 0.05) is 18.5 Å². The summed E-state index contributed by atoms with van der Waals surface area (Å²) >= 11 is 0. The number of hydrogen-bond donors (Lipinski definition) is 1. The predicted molar refractivity (Wildman–Crippen MR) is 64.3 cm³/mol. The van der Waals surface area contributed by atoms with Gasteiger partial charge in [0.1, 0.15) is 11.5 Å². The number of nitrogens with one attached hydrogen (secondary N) is 1. The number of aryl methyl sites for hydroxylation is 2. The first-order valence-electron chi connectivity index (χ1n) is 6.00. The molecule has 2 unspecified atom stereocenters. The van der Waals surface area contributed by atoms with Crippen LogP contribution in [0, 0.1) is 13.8 Å². The van der Waals surface area contributed by atoms with Crippen molar-refractivity contribution in [2.45, 2.75) is 39.3 Å². The molecule has 1 aliphatic rings. The third-order valence-corrected chi connectivity index (χ3v) is 2.98. The highest BCUT2D eigenvalue weighted by molar-refractivity contribution is 5.97. The molecule has 0 saturated carbocycles. The Morgan fingerprint density at radius 2 is 2.24 bits per heavy atom. The summed E-state index contributed by atoms with van der Waals surface area (Å²) in [6.45, 7) is 7.06. The number of ketones is 1.